The molecule has 0 radical (unpaired) electrons. The zero-order valence-electron chi connectivity index (χ0n) is 10.7. The van der Waals surface area contributed by atoms with Crippen molar-refractivity contribution < 1.29 is 4.79 Å². The molecule has 1 N–H and O–H groups in total. The Labute approximate surface area is 123 Å². The molecule has 1 aliphatic carbocycles. The molecular formula is C15H17Cl2NO. The van der Waals surface area contributed by atoms with Crippen molar-refractivity contribution in [3.05, 3.63) is 33.8 Å². The van der Waals surface area contributed by atoms with Crippen LogP contribution in [0.1, 0.15) is 36.0 Å². The molecular weight excluding hydrogens is 281 g/mol. The molecule has 1 aliphatic heterocycles. The smallest absolute Gasteiger partial charge is 0.163 e. The number of hydrogen-bond donors (Lipinski definition) is 1. The molecule has 1 aromatic carbocycles. The van der Waals surface area contributed by atoms with Gasteiger partial charge in [0.05, 0.1) is 0 Å². The minimum atomic E-state index is 0.171. The van der Waals surface area contributed by atoms with Gasteiger partial charge in [-0.25, -0.2) is 0 Å². The number of hydrogen-bond acceptors (Lipinski definition) is 2. The van der Waals surface area contributed by atoms with E-state index < -0.39 is 0 Å². The second-order valence-electron chi connectivity index (χ2n) is 5.80. The molecule has 3 rings (SSSR count). The fourth-order valence-corrected chi connectivity index (χ4v) is 3.84. The first-order chi connectivity index (χ1) is 9.09. The molecule has 1 spiro atoms. The van der Waals surface area contributed by atoms with Crippen LogP contribution in [0.5, 0.6) is 0 Å². The van der Waals surface area contributed by atoms with Crippen LogP contribution in [0.2, 0.25) is 10.0 Å². The third-order valence-corrected chi connectivity index (χ3v) is 5.01. The van der Waals surface area contributed by atoms with Crippen molar-refractivity contribution in [2.75, 3.05) is 13.1 Å². The van der Waals surface area contributed by atoms with E-state index in [1.54, 1.807) is 18.2 Å². The minimum absolute atomic E-state index is 0.171. The van der Waals surface area contributed by atoms with E-state index in [1.165, 1.54) is 19.3 Å². The lowest BCUT2D eigenvalue weighted by Gasteiger charge is -2.23. The number of rotatable bonds is 3. The molecule has 2 aliphatic rings. The molecule has 0 aromatic heterocycles. The Morgan fingerprint density at radius 2 is 1.84 bits per heavy atom. The molecule has 1 saturated carbocycles. The molecule has 19 heavy (non-hydrogen) atoms. The van der Waals surface area contributed by atoms with E-state index in [-0.39, 0.29) is 5.78 Å². The Kier molecular flexibility index (Phi) is 3.59. The van der Waals surface area contributed by atoms with Gasteiger partial charge in [-0.3, -0.25) is 4.79 Å². The zero-order valence-corrected chi connectivity index (χ0v) is 12.2. The first kappa shape index (κ1) is 13.4. The number of benzene rings is 1. The van der Waals surface area contributed by atoms with Crippen LogP contribution < -0.4 is 5.32 Å². The molecule has 1 aromatic rings. The van der Waals surface area contributed by atoms with Gasteiger partial charge in [-0.2, -0.15) is 0 Å². The van der Waals surface area contributed by atoms with E-state index in [9.17, 15) is 4.79 Å². The Balaban J connectivity index is 1.66. The van der Waals surface area contributed by atoms with Gasteiger partial charge in [0.2, 0.25) is 0 Å². The molecule has 0 amide bonds. The van der Waals surface area contributed by atoms with Crippen molar-refractivity contribution in [2.45, 2.75) is 25.7 Å². The van der Waals surface area contributed by atoms with Crippen LogP contribution in [-0.2, 0) is 0 Å². The van der Waals surface area contributed by atoms with Crippen molar-refractivity contribution in [2.24, 2.45) is 11.3 Å². The Hall–Kier alpha value is -0.570. The van der Waals surface area contributed by atoms with Crippen LogP contribution in [0.4, 0.5) is 0 Å². The Morgan fingerprint density at radius 1 is 1.21 bits per heavy atom. The van der Waals surface area contributed by atoms with Crippen molar-refractivity contribution >= 4 is 29.0 Å². The molecule has 2 fully saturated rings. The number of piperidine rings is 1. The SMILES string of the molecule is O=C(C[C@H]1CC12CCNCC2)c1cc(Cl)cc(Cl)c1. The highest BCUT2D eigenvalue weighted by Gasteiger charge is 2.53. The summed E-state index contributed by atoms with van der Waals surface area (Å²) in [5, 5.41) is 4.44. The van der Waals surface area contributed by atoms with Gasteiger partial charge in [0.1, 0.15) is 0 Å². The van der Waals surface area contributed by atoms with Gasteiger partial charge in [0, 0.05) is 22.0 Å². The summed E-state index contributed by atoms with van der Waals surface area (Å²) in [6.07, 6.45) is 4.26. The summed E-state index contributed by atoms with van der Waals surface area (Å²) < 4.78 is 0. The highest BCUT2D eigenvalue weighted by Crippen LogP contribution is 2.60. The molecule has 0 bridgehead atoms. The van der Waals surface area contributed by atoms with E-state index in [4.69, 9.17) is 23.2 Å². The fraction of sp³-hybridized carbons (Fsp3) is 0.533. The number of Topliss-reactive ketones (excluding diaryl/α,β-unsaturated/α-hetero) is 1. The van der Waals surface area contributed by atoms with Gasteiger partial charge >= 0.3 is 0 Å². The summed E-state index contributed by atoms with van der Waals surface area (Å²) in [6.45, 7) is 2.18. The lowest BCUT2D eigenvalue weighted by molar-refractivity contribution is 0.0967. The van der Waals surface area contributed by atoms with Crippen molar-refractivity contribution in [1.82, 2.24) is 5.32 Å². The van der Waals surface area contributed by atoms with Gasteiger partial charge < -0.3 is 5.32 Å². The summed E-state index contributed by atoms with van der Waals surface area (Å²) in [6, 6.07) is 5.09. The molecule has 102 valence electrons. The van der Waals surface area contributed by atoms with E-state index in [0.717, 1.165) is 13.1 Å². The molecule has 1 heterocycles. The Bertz CT molecular complexity index is 489. The number of halogens is 2. The Morgan fingerprint density at radius 3 is 2.47 bits per heavy atom. The standard InChI is InChI=1S/C15H17Cl2NO/c16-12-5-10(6-13(17)8-12)14(19)7-11-9-15(11)1-3-18-4-2-15/h5-6,8,11,18H,1-4,7,9H2/t11-/m0/s1. The van der Waals surface area contributed by atoms with Crippen LogP contribution in [0.25, 0.3) is 0 Å². The second kappa shape index (κ2) is 5.08. The summed E-state index contributed by atoms with van der Waals surface area (Å²) >= 11 is 11.9. The number of carbonyl (C=O) groups is 1. The average Bonchev–Trinajstić information content (AvgIpc) is 3.00. The third-order valence-electron chi connectivity index (χ3n) is 4.57. The largest absolute Gasteiger partial charge is 0.317 e. The van der Waals surface area contributed by atoms with Gasteiger partial charge in [-0.05, 0) is 61.9 Å². The first-order valence-electron chi connectivity index (χ1n) is 6.79. The maximum atomic E-state index is 12.3. The summed E-state index contributed by atoms with van der Waals surface area (Å²) in [4.78, 5) is 12.3. The van der Waals surface area contributed by atoms with Gasteiger partial charge in [0.15, 0.2) is 5.78 Å². The van der Waals surface area contributed by atoms with Gasteiger partial charge in [-0.1, -0.05) is 23.2 Å². The molecule has 2 nitrogen and oxygen atoms in total. The predicted molar refractivity (Wildman–Crippen MR) is 78.1 cm³/mol. The molecule has 0 unspecified atom stereocenters. The van der Waals surface area contributed by atoms with E-state index in [0.29, 0.717) is 33.4 Å². The lowest BCUT2D eigenvalue weighted by Crippen LogP contribution is -2.30. The van der Waals surface area contributed by atoms with Crippen molar-refractivity contribution in [3.8, 4) is 0 Å². The zero-order chi connectivity index (χ0) is 13.5. The normalized spacial score (nSPS) is 24.4. The monoisotopic (exact) mass is 297 g/mol. The molecule has 4 heteroatoms. The summed E-state index contributed by atoms with van der Waals surface area (Å²) in [5.41, 5.74) is 1.09. The third kappa shape index (κ3) is 2.81. The van der Waals surface area contributed by atoms with E-state index in [2.05, 4.69) is 5.32 Å². The maximum Gasteiger partial charge on any atom is 0.163 e. The van der Waals surface area contributed by atoms with Crippen LogP contribution in [0.3, 0.4) is 0 Å². The van der Waals surface area contributed by atoms with Crippen molar-refractivity contribution in [3.63, 3.8) is 0 Å². The minimum Gasteiger partial charge on any atom is -0.317 e. The predicted octanol–water partition coefficient (Wildman–Crippen LogP) is 3.96. The van der Waals surface area contributed by atoms with E-state index >= 15 is 0 Å². The van der Waals surface area contributed by atoms with Crippen LogP contribution in [0, 0.1) is 11.3 Å². The van der Waals surface area contributed by atoms with E-state index in [1.807, 2.05) is 0 Å². The number of ketones is 1. The molecule has 1 saturated heterocycles. The van der Waals surface area contributed by atoms with Gasteiger partial charge in [-0.15, -0.1) is 0 Å². The second-order valence-corrected chi connectivity index (χ2v) is 6.67. The molecule has 1 atom stereocenters. The quantitative estimate of drug-likeness (QED) is 0.856. The fourth-order valence-electron chi connectivity index (χ4n) is 3.31. The van der Waals surface area contributed by atoms with Crippen LogP contribution >= 0.6 is 23.2 Å². The first-order valence-corrected chi connectivity index (χ1v) is 7.55. The number of carbonyl (C=O) groups excluding carboxylic acids is 1. The average molecular weight is 298 g/mol. The maximum absolute atomic E-state index is 12.3. The van der Waals surface area contributed by atoms with Crippen molar-refractivity contribution in [1.29, 1.82) is 0 Å². The lowest BCUT2D eigenvalue weighted by atomic mass is 9.90. The summed E-state index contributed by atoms with van der Waals surface area (Å²) in [7, 11) is 0. The van der Waals surface area contributed by atoms with Crippen LogP contribution in [0.15, 0.2) is 18.2 Å². The highest BCUT2D eigenvalue weighted by atomic mass is 35.5. The summed E-state index contributed by atoms with van der Waals surface area (Å²) in [5.74, 6) is 0.727. The van der Waals surface area contributed by atoms with Gasteiger partial charge in [0.25, 0.3) is 0 Å². The topological polar surface area (TPSA) is 29.1 Å². The highest BCUT2D eigenvalue weighted by molar-refractivity contribution is 6.35. The number of nitrogens with one attached hydrogen (secondary N) is 1. The van der Waals surface area contributed by atoms with Crippen LogP contribution in [-0.4, -0.2) is 18.9 Å².